The van der Waals surface area contributed by atoms with Crippen LogP contribution in [0.15, 0.2) is 37.2 Å². The van der Waals surface area contributed by atoms with Gasteiger partial charge in [-0.25, -0.2) is 15.0 Å². The second-order valence-electron chi connectivity index (χ2n) is 12.4. The summed E-state index contributed by atoms with van der Waals surface area (Å²) in [4.78, 5) is 16.0. The highest BCUT2D eigenvalue weighted by molar-refractivity contribution is 6.76. The number of rotatable bonds is 10. The highest BCUT2D eigenvalue weighted by Gasteiger charge is 2.34. The predicted octanol–water partition coefficient (Wildman–Crippen LogP) is 4.82. The van der Waals surface area contributed by atoms with Crippen LogP contribution >= 0.6 is 0 Å². The van der Waals surface area contributed by atoms with Crippen LogP contribution in [0.4, 0.5) is 11.5 Å². The number of hydrogen-bond donors (Lipinski definition) is 1. The van der Waals surface area contributed by atoms with Gasteiger partial charge in [0.2, 0.25) is 0 Å². The van der Waals surface area contributed by atoms with Crippen LogP contribution < -0.4 is 10.2 Å². The highest BCUT2D eigenvalue weighted by Crippen LogP contribution is 2.37. The van der Waals surface area contributed by atoms with E-state index in [1.807, 2.05) is 40.1 Å². The Bertz CT molecular complexity index is 1670. The van der Waals surface area contributed by atoms with Crippen LogP contribution in [0.2, 0.25) is 25.7 Å². The molecule has 6 heterocycles. The number of nitriles is 2. The van der Waals surface area contributed by atoms with Crippen molar-refractivity contribution in [1.82, 2.24) is 29.3 Å². The van der Waals surface area contributed by atoms with Gasteiger partial charge in [-0.3, -0.25) is 4.68 Å². The summed E-state index contributed by atoms with van der Waals surface area (Å²) in [5.74, 6) is 0.911. The quantitative estimate of drug-likeness (QED) is 0.207. The molecule has 1 saturated heterocycles. The Labute approximate surface area is 246 Å². The van der Waals surface area contributed by atoms with Crippen LogP contribution in [0.5, 0.6) is 0 Å². The fourth-order valence-electron chi connectivity index (χ4n) is 5.98. The zero-order valence-corrected chi connectivity index (χ0v) is 25.4. The molecule has 0 amide bonds. The molecule has 1 N–H and O–H groups in total. The van der Waals surface area contributed by atoms with Crippen molar-refractivity contribution < 1.29 is 4.74 Å². The van der Waals surface area contributed by atoms with Gasteiger partial charge < -0.3 is 19.5 Å². The number of nitrogens with one attached hydrogen (secondary N) is 1. The SMILES string of the molecule is C[Si](C)(C)CCOCn1ccc2c(-c3cnn(C(CC#N)C4CCN(c5ncc6c(c5C#N)NCC6)C4)c3)ncnc21. The number of nitrogens with zero attached hydrogens (tertiary/aromatic N) is 9. The molecule has 12 heteroatoms. The Morgan fingerprint density at radius 1 is 1.19 bits per heavy atom. The van der Waals surface area contributed by atoms with E-state index in [9.17, 15) is 10.5 Å². The maximum Gasteiger partial charge on any atom is 0.148 e. The number of fused-ring (bicyclic) bond motifs is 2. The Morgan fingerprint density at radius 2 is 2.07 bits per heavy atom. The van der Waals surface area contributed by atoms with Crippen molar-refractivity contribution in [2.75, 3.05) is 36.5 Å². The molecule has 0 saturated carbocycles. The van der Waals surface area contributed by atoms with E-state index in [1.54, 1.807) is 6.33 Å². The number of pyridine rings is 1. The van der Waals surface area contributed by atoms with Crippen LogP contribution in [-0.2, 0) is 17.9 Å². The molecule has 6 rings (SSSR count). The van der Waals surface area contributed by atoms with Crippen molar-refractivity contribution in [1.29, 1.82) is 10.5 Å². The number of hydrogen-bond acceptors (Lipinski definition) is 9. The number of ether oxygens (including phenoxy) is 1. The Kier molecular flexibility index (Phi) is 7.67. The maximum absolute atomic E-state index is 9.92. The second kappa shape index (κ2) is 11.5. The van der Waals surface area contributed by atoms with Crippen molar-refractivity contribution in [2.24, 2.45) is 5.92 Å². The van der Waals surface area contributed by atoms with Gasteiger partial charge >= 0.3 is 0 Å². The molecule has 4 aromatic heterocycles. The normalized spacial score (nSPS) is 17.2. The van der Waals surface area contributed by atoms with E-state index < -0.39 is 8.07 Å². The lowest BCUT2D eigenvalue weighted by molar-refractivity contribution is 0.0899. The van der Waals surface area contributed by atoms with Crippen molar-refractivity contribution in [3.63, 3.8) is 0 Å². The highest BCUT2D eigenvalue weighted by atomic mass is 28.3. The van der Waals surface area contributed by atoms with Gasteiger partial charge in [-0.05, 0) is 30.5 Å². The molecule has 2 aliphatic rings. The van der Waals surface area contributed by atoms with Gasteiger partial charge in [0.1, 0.15) is 36.2 Å². The van der Waals surface area contributed by atoms with E-state index >= 15 is 0 Å². The summed E-state index contributed by atoms with van der Waals surface area (Å²) in [5, 5.41) is 28.7. The van der Waals surface area contributed by atoms with Crippen LogP contribution in [-0.4, -0.2) is 63.6 Å². The van der Waals surface area contributed by atoms with Crippen molar-refractivity contribution >= 4 is 30.6 Å². The smallest absolute Gasteiger partial charge is 0.148 e. The largest absolute Gasteiger partial charge is 0.383 e. The molecule has 42 heavy (non-hydrogen) atoms. The lowest BCUT2D eigenvalue weighted by Gasteiger charge is -2.24. The van der Waals surface area contributed by atoms with Gasteiger partial charge in [0.25, 0.3) is 0 Å². The molecular weight excluding hydrogens is 544 g/mol. The zero-order valence-electron chi connectivity index (χ0n) is 24.4. The number of aromatic nitrogens is 6. The van der Waals surface area contributed by atoms with Gasteiger partial charge in [-0.2, -0.15) is 15.6 Å². The molecule has 0 radical (unpaired) electrons. The Morgan fingerprint density at radius 3 is 2.88 bits per heavy atom. The third-order valence-electron chi connectivity index (χ3n) is 8.31. The second-order valence-corrected chi connectivity index (χ2v) is 18.0. The topological polar surface area (TPSA) is 134 Å². The third-order valence-corrected chi connectivity index (χ3v) is 10.0. The summed E-state index contributed by atoms with van der Waals surface area (Å²) in [6.45, 7) is 10.6. The molecule has 0 aliphatic carbocycles. The zero-order chi connectivity index (χ0) is 29.3. The first-order valence-corrected chi connectivity index (χ1v) is 18.3. The van der Waals surface area contributed by atoms with Gasteiger partial charge in [0.15, 0.2) is 0 Å². The van der Waals surface area contributed by atoms with Crippen LogP contribution in [0.25, 0.3) is 22.3 Å². The minimum Gasteiger partial charge on any atom is -0.383 e. The molecule has 0 spiro atoms. The molecule has 2 aliphatic heterocycles. The lowest BCUT2D eigenvalue weighted by Crippen LogP contribution is -2.26. The fourth-order valence-corrected chi connectivity index (χ4v) is 6.74. The van der Waals surface area contributed by atoms with Gasteiger partial charge in [-0.1, -0.05) is 19.6 Å². The molecule has 2 unspecified atom stereocenters. The Hall–Kier alpha value is -4.26. The van der Waals surface area contributed by atoms with Crippen molar-refractivity contribution in [2.45, 2.75) is 57.7 Å². The fraction of sp³-hybridized carbons (Fsp3) is 0.467. The van der Waals surface area contributed by atoms with E-state index in [1.165, 1.54) is 0 Å². The maximum atomic E-state index is 9.92. The van der Waals surface area contributed by atoms with Crippen LogP contribution in [0.1, 0.15) is 30.0 Å². The van der Waals surface area contributed by atoms with E-state index in [4.69, 9.17) is 9.84 Å². The summed E-state index contributed by atoms with van der Waals surface area (Å²) in [7, 11) is -1.15. The standard InChI is InChI=1S/C30H36N10OSi/c1-42(2,3)13-12-41-20-39-11-7-24-28(35-19-36-29(24)39)23-16-37-40(18-23)26(4-8-31)22-6-10-38(17-22)30-25(14-32)27-21(15-34-30)5-9-33-27/h7,11,15-16,18-19,22,26,33H,4-6,9-10,12-13,17,20H2,1-3H3. The first-order chi connectivity index (χ1) is 20.4. The third kappa shape index (κ3) is 5.48. The van der Waals surface area contributed by atoms with Crippen LogP contribution in [0, 0.1) is 28.6 Å². The van der Waals surface area contributed by atoms with Gasteiger partial charge in [-0.15, -0.1) is 0 Å². The summed E-state index contributed by atoms with van der Waals surface area (Å²) in [6.07, 6.45) is 11.4. The monoisotopic (exact) mass is 580 g/mol. The van der Waals surface area contributed by atoms with Crippen molar-refractivity contribution in [3.05, 3.63) is 48.3 Å². The average Bonchev–Trinajstić information content (AvgIpc) is 3.79. The first kappa shape index (κ1) is 27.9. The minimum absolute atomic E-state index is 0.103. The molecule has 0 aromatic carbocycles. The van der Waals surface area contributed by atoms with E-state index in [0.717, 1.165) is 77.9 Å². The lowest BCUT2D eigenvalue weighted by atomic mass is 9.96. The average molecular weight is 581 g/mol. The predicted molar refractivity (Wildman–Crippen MR) is 164 cm³/mol. The van der Waals surface area contributed by atoms with E-state index in [0.29, 0.717) is 25.3 Å². The minimum atomic E-state index is -1.15. The molecule has 0 bridgehead atoms. The van der Waals surface area contributed by atoms with E-state index in [-0.39, 0.29) is 12.0 Å². The van der Waals surface area contributed by atoms with Crippen LogP contribution in [0.3, 0.4) is 0 Å². The summed E-state index contributed by atoms with van der Waals surface area (Å²) in [5.41, 5.74) is 5.15. The molecule has 11 nitrogen and oxygen atoms in total. The summed E-state index contributed by atoms with van der Waals surface area (Å²) in [6, 6.07) is 7.79. The summed E-state index contributed by atoms with van der Waals surface area (Å²) < 4.78 is 9.89. The van der Waals surface area contributed by atoms with Gasteiger partial charge in [0, 0.05) is 69.8 Å². The molecule has 216 valence electrons. The molecule has 1 fully saturated rings. The first-order valence-electron chi connectivity index (χ1n) is 14.6. The number of anilines is 2. The summed E-state index contributed by atoms with van der Waals surface area (Å²) >= 11 is 0. The molecular formula is C30H36N10OSi. The van der Waals surface area contributed by atoms with Crippen molar-refractivity contribution in [3.8, 4) is 23.4 Å². The Balaban J connectivity index is 1.20. The van der Waals surface area contributed by atoms with Gasteiger partial charge in [0.05, 0.1) is 36.1 Å². The molecule has 2 atom stereocenters. The molecule has 4 aromatic rings. The van der Waals surface area contributed by atoms with E-state index in [2.05, 4.69) is 56.9 Å².